The molecule has 0 spiro atoms. The van der Waals surface area contributed by atoms with E-state index in [2.05, 4.69) is 15.9 Å². The Morgan fingerprint density at radius 3 is 2.70 bits per heavy atom. The summed E-state index contributed by atoms with van der Waals surface area (Å²) < 4.78 is 14.2. The Morgan fingerprint density at radius 1 is 1.55 bits per heavy atom. The highest BCUT2D eigenvalue weighted by molar-refractivity contribution is 9.10. The van der Waals surface area contributed by atoms with Crippen LogP contribution in [0.5, 0.6) is 0 Å². The van der Waals surface area contributed by atoms with E-state index in [0.29, 0.717) is 0 Å². The second kappa shape index (κ2) is 5.16. The third-order valence-electron chi connectivity index (χ3n) is 3.00. The van der Waals surface area contributed by atoms with Crippen molar-refractivity contribution in [3.63, 3.8) is 0 Å². The quantitative estimate of drug-likeness (QED) is 0.658. The van der Waals surface area contributed by atoms with E-state index >= 15 is 0 Å². The van der Waals surface area contributed by atoms with Crippen LogP contribution in [0.1, 0.15) is 6.42 Å². The minimum atomic E-state index is -0.912. The van der Waals surface area contributed by atoms with E-state index in [1.807, 2.05) is 0 Å². The summed E-state index contributed by atoms with van der Waals surface area (Å²) >= 11 is 2.95. The molecule has 1 saturated heterocycles. The molecule has 2 amide bonds. The van der Waals surface area contributed by atoms with Crippen LogP contribution >= 0.6 is 15.9 Å². The Balaban J connectivity index is 2.50. The van der Waals surface area contributed by atoms with Gasteiger partial charge in [-0.3, -0.25) is 19.7 Å². The SMILES string of the molecule is NC(=O)C1CC(=O)N(c2c(F)cc(Br)cc2[N+](=O)[O-])C1. The number of halogens is 2. The second-order valence-electron chi connectivity index (χ2n) is 4.32. The maximum absolute atomic E-state index is 14.0. The number of anilines is 1. The molecule has 1 aliphatic rings. The lowest BCUT2D eigenvalue weighted by molar-refractivity contribution is -0.384. The Hall–Kier alpha value is -2.03. The van der Waals surface area contributed by atoms with Crippen molar-refractivity contribution in [2.45, 2.75) is 6.42 Å². The molecule has 1 aromatic rings. The lowest BCUT2D eigenvalue weighted by Gasteiger charge is -2.17. The zero-order valence-corrected chi connectivity index (χ0v) is 11.6. The van der Waals surface area contributed by atoms with Gasteiger partial charge in [-0.15, -0.1) is 0 Å². The van der Waals surface area contributed by atoms with Crippen molar-refractivity contribution < 1.29 is 18.9 Å². The number of benzene rings is 1. The molecule has 1 heterocycles. The number of nitrogens with zero attached hydrogens (tertiary/aromatic N) is 2. The van der Waals surface area contributed by atoms with Gasteiger partial charge in [-0.05, 0) is 6.07 Å². The van der Waals surface area contributed by atoms with Crippen LogP contribution in [-0.2, 0) is 9.59 Å². The first-order chi connectivity index (χ1) is 9.31. The van der Waals surface area contributed by atoms with Gasteiger partial charge < -0.3 is 10.6 Å². The molecule has 20 heavy (non-hydrogen) atoms. The van der Waals surface area contributed by atoms with Crippen molar-refractivity contribution in [2.24, 2.45) is 11.7 Å². The van der Waals surface area contributed by atoms with Crippen LogP contribution in [0.15, 0.2) is 16.6 Å². The predicted octanol–water partition coefficient (Wildman–Crippen LogP) is 1.33. The summed E-state index contributed by atoms with van der Waals surface area (Å²) in [6, 6.07) is 2.12. The van der Waals surface area contributed by atoms with Crippen LogP contribution in [0.4, 0.5) is 15.8 Å². The number of amides is 2. The summed E-state index contributed by atoms with van der Waals surface area (Å²) in [5, 5.41) is 11.0. The number of primary amides is 1. The van der Waals surface area contributed by atoms with Gasteiger partial charge in [0.2, 0.25) is 11.8 Å². The highest BCUT2D eigenvalue weighted by atomic mass is 79.9. The van der Waals surface area contributed by atoms with Crippen molar-refractivity contribution in [3.8, 4) is 0 Å². The molecular formula is C11H9BrFN3O4. The van der Waals surface area contributed by atoms with Gasteiger partial charge in [-0.2, -0.15) is 0 Å². The topological polar surface area (TPSA) is 107 Å². The third-order valence-corrected chi connectivity index (χ3v) is 3.46. The third kappa shape index (κ3) is 2.48. The first-order valence-electron chi connectivity index (χ1n) is 5.54. The molecule has 7 nitrogen and oxygen atoms in total. The molecule has 0 aromatic heterocycles. The molecule has 1 atom stereocenters. The first kappa shape index (κ1) is 14.4. The smallest absolute Gasteiger partial charge is 0.297 e. The highest BCUT2D eigenvalue weighted by Crippen LogP contribution is 2.37. The van der Waals surface area contributed by atoms with Crippen molar-refractivity contribution in [2.75, 3.05) is 11.4 Å². The molecule has 1 aromatic carbocycles. The monoisotopic (exact) mass is 345 g/mol. The maximum atomic E-state index is 14.0. The number of rotatable bonds is 3. The number of nitro benzene ring substituents is 1. The Labute approximate surface area is 120 Å². The fourth-order valence-electron chi connectivity index (χ4n) is 2.07. The molecule has 9 heteroatoms. The average molecular weight is 346 g/mol. The number of carbonyl (C=O) groups is 2. The normalized spacial score (nSPS) is 18.4. The van der Waals surface area contributed by atoms with Gasteiger partial charge in [0.1, 0.15) is 0 Å². The summed E-state index contributed by atoms with van der Waals surface area (Å²) in [6.45, 7) is -0.159. The van der Waals surface area contributed by atoms with E-state index in [1.165, 1.54) is 0 Å². The van der Waals surface area contributed by atoms with Crippen molar-refractivity contribution >= 4 is 39.1 Å². The van der Waals surface area contributed by atoms with E-state index in [4.69, 9.17) is 5.73 Å². The van der Waals surface area contributed by atoms with Gasteiger partial charge in [0, 0.05) is 23.5 Å². The van der Waals surface area contributed by atoms with Crippen molar-refractivity contribution in [1.82, 2.24) is 0 Å². The molecule has 0 aliphatic carbocycles. The van der Waals surface area contributed by atoms with Crippen LogP contribution in [-0.4, -0.2) is 23.3 Å². The molecule has 0 radical (unpaired) electrons. The molecule has 2 rings (SSSR count). The Bertz CT molecular complexity index is 622. The van der Waals surface area contributed by atoms with Crippen molar-refractivity contribution in [1.29, 1.82) is 0 Å². The van der Waals surface area contributed by atoms with Gasteiger partial charge in [0.05, 0.1) is 10.8 Å². The fraction of sp³-hybridized carbons (Fsp3) is 0.273. The number of carbonyl (C=O) groups excluding carboxylic acids is 2. The largest absolute Gasteiger partial charge is 0.369 e. The summed E-state index contributed by atoms with van der Waals surface area (Å²) in [4.78, 5) is 34.0. The van der Waals surface area contributed by atoms with Crippen LogP contribution in [0.2, 0.25) is 0 Å². The van der Waals surface area contributed by atoms with E-state index < -0.39 is 39.8 Å². The van der Waals surface area contributed by atoms with Crippen LogP contribution < -0.4 is 10.6 Å². The minimum absolute atomic E-state index is 0.159. The van der Waals surface area contributed by atoms with Crippen LogP contribution in [0, 0.1) is 21.8 Å². The van der Waals surface area contributed by atoms with Crippen molar-refractivity contribution in [3.05, 3.63) is 32.5 Å². The van der Waals surface area contributed by atoms with E-state index in [0.717, 1.165) is 17.0 Å². The summed E-state index contributed by atoms with van der Waals surface area (Å²) in [5.74, 6) is -2.95. The zero-order chi connectivity index (χ0) is 15.0. The summed E-state index contributed by atoms with van der Waals surface area (Å²) in [5.41, 5.74) is 4.12. The molecule has 106 valence electrons. The Morgan fingerprint density at radius 2 is 2.20 bits per heavy atom. The number of nitro groups is 1. The number of nitrogens with two attached hydrogens (primary N) is 1. The van der Waals surface area contributed by atoms with Gasteiger partial charge in [0.15, 0.2) is 11.5 Å². The first-order valence-corrected chi connectivity index (χ1v) is 6.33. The van der Waals surface area contributed by atoms with Gasteiger partial charge >= 0.3 is 0 Å². The molecule has 1 unspecified atom stereocenters. The molecular weight excluding hydrogens is 337 g/mol. The number of hydrogen-bond acceptors (Lipinski definition) is 4. The van der Waals surface area contributed by atoms with Crippen LogP contribution in [0.3, 0.4) is 0 Å². The van der Waals surface area contributed by atoms with Gasteiger partial charge in [-0.1, -0.05) is 15.9 Å². The molecule has 1 fully saturated rings. The fourth-order valence-corrected chi connectivity index (χ4v) is 2.49. The van der Waals surface area contributed by atoms with E-state index in [9.17, 15) is 24.1 Å². The zero-order valence-electron chi connectivity index (χ0n) is 10.0. The van der Waals surface area contributed by atoms with E-state index in [-0.39, 0.29) is 17.4 Å². The average Bonchev–Trinajstić information content (AvgIpc) is 2.70. The molecule has 1 aliphatic heterocycles. The Kier molecular flexibility index (Phi) is 3.71. The summed E-state index contributed by atoms with van der Waals surface area (Å²) in [6.07, 6.45) is -0.179. The molecule has 2 N–H and O–H groups in total. The van der Waals surface area contributed by atoms with Gasteiger partial charge in [0.25, 0.3) is 5.69 Å². The lowest BCUT2D eigenvalue weighted by atomic mass is 10.1. The maximum Gasteiger partial charge on any atom is 0.297 e. The number of hydrogen-bond donors (Lipinski definition) is 1. The highest BCUT2D eigenvalue weighted by Gasteiger charge is 2.38. The summed E-state index contributed by atoms with van der Waals surface area (Å²) in [7, 11) is 0. The second-order valence-corrected chi connectivity index (χ2v) is 5.24. The van der Waals surface area contributed by atoms with Crippen LogP contribution in [0.25, 0.3) is 0 Å². The minimum Gasteiger partial charge on any atom is -0.369 e. The lowest BCUT2D eigenvalue weighted by Crippen LogP contribution is -2.29. The molecule has 0 saturated carbocycles. The standard InChI is InChI=1S/C11H9BrFN3O4/c12-6-2-7(13)10(8(3-6)16(19)20)15-4-5(11(14)18)1-9(15)17/h2-3,5H,1,4H2,(H2,14,18). The molecule has 0 bridgehead atoms. The van der Waals surface area contributed by atoms with Gasteiger partial charge in [-0.25, -0.2) is 4.39 Å². The predicted molar refractivity (Wildman–Crippen MR) is 70.4 cm³/mol. The van der Waals surface area contributed by atoms with E-state index in [1.54, 1.807) is 0 Å².